The molecular weight excluding hydrogens is 412 g/mol. The molecule has 0 saturated carbocycles. The standard InChI is InChI=1S/C28H30N2O3/c1-2-3-4-5-6-9-19-32-23-17-15-22(16-18-23)29-20-26-28(31)33-27(30-26)25-14-10-12-21-11-7-8-13-24(21)25/h7-8,10-18,20,31H,2-6,9,19H2,1H3. The summed E-state index contributed by atoms with van der Waals surface area (Å²) in [5.74, 6) is 0.954. The number of unbranched alkanes of at least 4 members (excludes halogenated alkanes) is 5. The number of nitrogens with zero attached hydrogens (tertiary/aromatic N) is 2. The van der Waals surface area contributed by atoms with Gasteiger partial charge in [-0.25, -0.2) is 4.98 Å². The third-order valence-electron chi connectivity index (χ3n) is 5.59. The molecule has 3 aromatic carbocycles. The molecule has 4 aromatic rings. The molecule has 1 heterocycles. The predicted octanol–water partition coefficient (Wildman–Crippen LogP) is 7.69. The van der Waals surface area contributed by atoms with Gasteiger partial charge in [-0.1, -0.05) is 75.4 Å². The van der Waals surface area contributed by atoms with E-state index in [0.717, 1.165) is 40.8 Å². The quantitative estimate of drug-likeness (QED) is 0.191. The number of hydrogen-bond acceptors (Lipinski definition) is 5. The van der Waals surface area contributed by atoms with Crippen LogP contribution in [0, 0.1) is 0 Å². The highest BCUT2D eigenvalue weighted by molar-refractivity contribution is 5.95. The van der Waals surface area contributed by atoms with Crippen molar-refractivity contribution >= 4 is 22.7 Å². The topological polar surface area (TPSA) is 67.9 Å². The number of aliphatic imine (C=N–C) groups is 1. The molecular formula is C28H30N2O3. The van der Waals surface area contributed by atoms with E-state index in [1.807, 2.05) is 66.7 Å². The normalized spacial score (nSPS) is 11.4. The van der Waals surface area contributed by atoms with Crippen LogP contribution in [0.3, 0.4) is 0 Å². The first-order valence-electron chi connectivity index (χ1n) is 11.7. The number of fused-ring (bicyclic) bond motifs is 1. The summed E-state index contributed by atoms with van der Waals surface area (Å²) in [4.78, 5) is 8.87. The highest BCUT2D eigenvalue weighted by Crippen LogP contribution is 2.31. The largest absolute Gasteiger partial charge is 0.494 e. The maximum Gasteiger partial charge on any atom is 0.312 e. The van der Waals surface area contributed by atoms with Crippen LogP contribution >= 0.6 is 0 Å². The lowest BCUT2D eigenvalue weighted by atomic mass is 10.0. The maximum absolute atomic E-state index is 10.2. The molecule has 0 radical (unpaired) electrons. The number of aromatic nitrogens is 1. The smallest absolute Gasteiger partial charge is 0.312 e. The molecule has 1 N–H and O–H groups in total. The van der Waals surface area contributed by atoms with Gasteiger partial charge in [0.15, 0.2) is 5.69 Å². The minimum Gasteiger partial charge on any atom is -0.494 e. The van der Waals surface area contributed by atoms with Crippen molar-refractivity contribution in [2.45, 2.75) is 45.4 Å². The van der Waals surface area contributed by atoms with Crippen molar-refractivity contribution in [1.29, 1.82) is 0 Å². The van der Waals surface area contributed by atoms with Gasteiger partial charge < -0.3 is 14.3 Å². The number of oxazole rings is 1. The fourth-order valence-corrected chi connectivity index (χ4v) is 3.77. The summed E-state index contributed by atoms with van der Waals surface area (Å²) in [6, 6.07) is 21.5. The highest BCUT2D eigenvalue weighted by atomic mass is 16.5. The maximum atomic E-state index is 10.2. The number of benzene rings is 3. The Kier molecular flexibility index (Phi) is 7.75. The second kappa shape index (κ2) is 11.3. The van der Waals surface area contributed by atoms with Crippen molar-refractivity contribution in [2.24, 2.45) is 4.99 Å². The number of rotatable bonds is 11. The van der Waals surface area contributed by atoms with Crippen molar-refractivity contribution in [3.05, 3.63) is 72.4 Å². The molecule has 0 amide bonds. The van der Waals surface area contributed by atoms with Crippen LogP contribution in [0.5, 0.6) is 11.7 Å². The minimum atomic E-state index is -0.249. The number of aromatic hydroxyl groups is 1. The van der Waals surface area contributed by atoms with E-state index in [1.165, 1.54) is 38.3 Å². The van der Waals surface area contributed by atoms with Crippen molar-refractivity contribution < 1.29 is 14.3 Å². The van der Waals surface area contributed by atoms with E-state index in [2.05, 4.69) is 16.9 Å². The van der Waals surface area contributed by atoms with E-state index in [4.69, 9.17) is 9.15 Å². The van der Waals surface area contributed by atoms with Crippen LogP contribution in [0.25, 0.3) is 22.2 Å². The average molecular weight is 443 g/mol. The van der Waals surface area contributed by atoms with Gasteiger partial charge in [-0.15, -0.1) is 0 Å². The van der Waals surface area contributed by atoms with Gasteiger partial charge in [0.05, 0.1) is 18.5 Å². The summed E-state index contributed by atoms with van der Waals surface area (Å²) < 4.78 is 11.4. The van der Waals surface area contributed by atoms with Gasteiger partial charge in [0.25, 0.3) is 0 Å². The zero-order valence-corrected chi connectivity index (χ0v) is 19.0. The van der Waals surface area contributed by atoms with Crippen molar-refractivity contribution in [3.8, 4) is 23.1 Å². The van der Waals surface area contributed by atoms with Gasteiger partial charge in [0, 0.05) is 5.56 Å². The van der Waals surface area contributed by atoms with E-state index in [0.29, 0.717) is 11.6 Å². The fraction of sp³-hybridized carbons (Fsp3) is 0.286. The van der Waals surface area contributed by atoms with E-state index < -0.39 is 0 Å². The SMILES string of the molecule is CCCCCCCCOc1ccc(N=Cc2nc(-c3cccc4ccccc34)oc2O)cc1. The Morgan fingerprint density at radius 1 is 0.909 bits per heavy atom. The van der Waals surface area contributed by atoms with E-state index in [-0.39, 0.29) is 5.95 Å². The summed E-state index contributed by atoms with van der Waals surface area (Å²) in [5, 5.41) is 12.3. The molecule has 0 aliphatic rings. The van der Waals surface area contributed by atoms with Gasteiger partial charge in [-0.2, -0.15) is 0 Å². The van der Waals surface area contributed by atoms with Crippen molar-refractivity contribution in [3.63, 3.8) is 0 Å². The summed E-state index contributed by atoms with van der Waals surface area (Å²) in [5.41, 5.74) is 1.87. The van der Waals surface area contributed by atoms with Gasteiger partial charge in [-0.3, -0.25) is 4.99 Å². The molecule has 4 rings (SSSR count). The Hall–Kier alpha value is -3.60. The Bertz CT molecular complexity index is 1190. The Morgan fingerprint density at radius 3 is 2.52 bits per heavy atom. The van der Waals surface area contributed by atoms with Crippen molar-refractivity contribution in [1.82, 2.24) is 4.98 Å². The molecule has 0 aliphatic carbocycles. The molecule has 0 unspecified atom stereocenters. The average Bonchev–Trinajstić information content (AvgIpc) is 3.22. The van der Waals surface area contributed by atoms with E-state index in [9.17, 15) is 5.11 Å². The lowest BCUT2D eigenvalue weighted by Gasteiger charge is -2.06. The fourth-order valence-electron chi connectivity index (χ4n) is 3.77. The molecule has 5 heteroatoms. The first-order valence-corrected chi connectivity index (χ1v) is 11.7. The number of hydrogen-bond donors (Lipinski definition) is 1. The van der Waals surface area contributed by atoms with Gasteiger partial charge >= 0.3 is 5.95 Å². The zero-order valence-electron chi connectivity index (χ0n) is 19.0. The predicted molar refractivity (Wildman–Crippen MR) is 134 cm³/mol. The van der Waals surface area contributed by atoms with Gasteiger partial charge in [0.2, 0.25) is 5.89 Å². The summed E-state index contributed by atoms with van der Waals surface area (Å²) in [7, 11) is 0. The molecule has 0 saturated heterocycles. The molecule has 5 nitrogen and oxygen atoms in total. The Labute approximate surface area is 194 Å². The van der Waals surface area contributed by atoms with Crippen molar-refractivity contribution in [2.75, 3.05) is 6.61 Å². The Balaban J connectivity index is 1.36. The molecule has 0 bridgehead atoms. The molecule has 170 valence electrons. The van der Waals surface area contributed by atoms with Crippen LogP contribution in [0.2, 0.25) is 0 Å². The van der Waals surface area contributed by atoms with Crippen LogP contribution in [0.4, 0.5) is 5.69 Å². The first-order chi connectivity index (χ1) is 16.2. The van der Waals surface area contributed by atoms with Crippen LogP contribution in [0.15, 0.2) is 76.1 Å². The lowest BCUT2D eigenvalue weighted by Crippen LogP contribution is -1.96. The molecule has 0 spiro atoms. The van der Waals surface area contributed by atoms with Gasteiger partial charge in [0.1, 0.15) is 5.75 Å². The third-order valence-corrected chi connectivity index (χ3v) is 5.59. The van der Waals surface area contributed by atoms with E-state index >= 15 is 0 Å². The second-order valence-corrected chi connectivity index (χ2v) is 8.10. The summed E-state index contributed by atoms with van der Waals surface area (Å²) in [6.45, 7) is 2.97. The molecule has 33 heavy (non-hydrogen) atoms. The monoisotopic (exact) mass is 442 g/mol. The van der Waals surface area contributed by atoms with E-state index in [1.54, 1.807) is 0 Å². The molecule has 0 aliphatic heterocycles. The number of ether oxygens (including phenoxy) is 1. The lowest BCUT2D eigenvalue weighted by molar-refractivity contribution is 0.304. The first kappa shape index (κ1) is 22.6. The third kappa shape index (κ3) is 6.01. The molecule has 1 aromatic heterocycles. The van der Waals surface area contributed by atoms with Crippen LogP contribution in [0.1, 0.15) is 51.1 Å². The summed E-state index contributed by atoms with van der Waals surface area (Å²) in [6.07, 6.45) is 8.99. The van der Waals surface area contributed by atoms with Crippen LogP contribution in [-0.4, -0.2) is 22.9 Å². The zero-order chi connectivity index (χ0) is 22.9. The van der Waals surface area contributed by atoms with Gasteiger partial charge in [-0.05, 0) is 47.5 Å². The Morgan fingerprint density at radius 2 is 1.67 bits per heavy atom. The molecule has 0 fully saturated rings. The summed E-state index contributed by atoms with van der Waals surface area (Å²) >= 11 is 0. The van der Waals surface area contributed by atoms with Crippen LogP contribution < -0.4 is 4.74 Å². The van der Waals surface area contributed by atoms with Crippen LogP contribution in [-0.2, 0) is 0 Å². The minimum absolute atomic E-state index is 0.249. The second-order valence-electron chi connectivity index (χ2n) is 8.10. The molecule has 0 atom stereocenters. The highest BCUT2D eigenvalue weighted by Gasteiger charge is 2.14.